The van der Waals surface area contributed by atoms with E-state index in [-0.39, 0.29) is 11.5 Å². The van der Waals surface area contributed by atoms with E-state index in [2.05, 4.69) is 0 Å². The molecule has 4 aliphatic carbocycles. The smallest absolute Gasteiger partial charge is 0.333 e. The molecule has 4 bridgehead atoms. The van der Waals surface area contributed by atoms with Gasteiger partial charge in [0, 0.05) is 5.92 Å². The molecule has 3 heteroatoms. The first-order valence-corrected chi connectivity index (χ1v) is 7.74. The number of carbonyl (C=O) groups is 1. The summed E-state index contributed by atoms with van der Waals surface area (Å²) in [4.78, 5) is 11.7. The highest BCUT2D eigenvalue weighted by Crippen LogP contribution is 2.57. The summed E-state index contributed by atoms with van der Waals surface area (Å²) in [5, 5.41) is 9.60. The van der Waals surface area contributed by atoms with Gasteiger partial charge in [-0.25, -0.2) is 4.79 Å². The van der Waals surface area contributed by atoms with Crippen LogP contribution in [0.25, 0.3) is 0 Å². The molecule has 0 aliphatic heterocycles. The van der Waals surface area contributed by atoms with Crippen LogP contribution < -0.4 is 0 Å². The molecular weight excluding hydrogens is 240 g/mol. The van der Waals surface area contributed by atoms with E-state index in [1.807, 2.05) is 20.8 Å². The SMILES string of the molecule is CC(C)(C)OC(C(=O)O)C1C2CC3CC(C2)CC1C3. The Balaban J connectivity index is 1.81. The molecule has 0 aromatic rings. The van der Waals surface area contributed by atoms with Crippen LogP contribution in [-0.4, -0.2) is 22.8 Å². The Labute approximate surface area is 115 Å². The molecule has 4 saturated carbocycles. The number of carboxylic acids is 1. The lowest BCUT2D eigenvalue weighted by Gasteiger charge is -2.56. The second kappa shape index (κ2) is 4.47. The lowest BCUT2D eigenvalue weighted by atomic mass is 9.51. The van der Waals surface area contributed by atoms with Crippen LogP contribution in [0.3, 0.4) is 0 Å². The van der Waals surface area contributed by atoms with Crippen molar-refractivity contribution in [2.45, 2.75) is 64.6 Å². The first-order chi connectivity index (χ1) is 8.83. The highest BCUT2D eigenvalue weighted by molar-refractivity contribution is 5.73. The molecule has 108 valence electrons. The Morgan fingerprint density at radius 1 is 1.05 bits per heavy atom. The molecule has 1 atom stereocenters. The molecule has 4 rings (SSSR count). The summed E-state index contributed by atoms with van der Waals surface area (Å²) < 4.78 is 5.93. The largest absolute Gasteiger partial charge is 0.479 e. The van der Waals surface area contributed by atoms with Crippen LogP contribution in [0.4, 0.5) is 0 Å². The van der Waals surface area contributed by atoms with Crippen LogP contribution in [-0.2, 0) is 9.53 Å². The van der Waals surface area contributed by atoms with Crippen LogP contribution >= 0.6 is 0 Å². The summed E-state index contributed by atoms with van der Waals surface area (Å²) in [5.41, 5.74) is -0.377. The van der Waals surface area contributed by atoms with Gasteiger partial charge in [0.25, 0.3) is 0 Å². The molecule has 0 heterocycles. The van der Waals surface area contributed by atoms with Crippen molar-refractivity contribution in [3.63, 3.8) is 0 Å². The Morgan fingerprint density at radius 2 is 1.53 bits per heavy atom. The van der Waals surface area contributed by atoms with Gasteiger partial charge in [-0.15, -0.1) is 0 Å². The molecule has 0 aromatic heterocycles. The third-order valence-corrected chi connectivity index (χ3v) is 5.37. The summed E-state index contributed by atoms with van der Waals surface area (Å²) in [6, 6.07) is 0. The van der Waals surface area contributed by atoms with Gasteiger partial charge in [-0.05, 0) is 76.5 Å². The number of hydrogen-bond acceptors (Lipinski definition) is 2. The second-order valence-corrected chi connectivity index (χ2v) is 8.00. The van der Waals surface area contributed by atoms with E-state index in [9.17, 15) is 9.90 Å². The number of rotatable bonds is 3. The second-order valence-electron chi connectivity index (χ2n) is 8.00. The van der Waals surface area contributed by atoms with E-state index in [0.717, 1.165) is 11.8 Å². The Hall–Kier alpha value is -0.570. The first-order valence-electron chi connectivity index (χ1n) is 7.74. The molecule has 0 aromatic carbocycles. The van der Waals surface area contributed by atoms with Crippen LogP contribution in [0.15, 0.2) is 0 Å². The minimum Gasteiger partial charge on any atom is -0.479 e. The summed E-state index contributed by atoms with van der Waals surface area (Å²) in [7, 11) is 0. The maximum absolute atomic E-state index is 11.7. The molecule has 1 N–H and O–H groups in total. The van der Waals surface area contributed by atoms with Gasteiger partial charge in [-0.1, -0.05) is 0 Å². The van der Waals surface area contributed by atoms with Crippen molar-refractivity contribution in [3.8, 4) is 0 Å². The minimum absolute atomic E-state index is 0.254. The van der Waals surface area contributed by atoms with Crippen molar-refractivity contribution in [1.82, 2.24) is 0 Å². The van der Waals surface area contributed by atoms with Crippen LogP contribution in [0.1, 0.15) is 52.9 Å². The van der Waals surface area contributed by atoms with Gasteiger partial charge in [-0.2, -0.15) is 0 Å². The maximum atomic E-state index is 11.7. The summed E-state index contributed by atoms with van der Waals surface area (Å²) in [6.45, 7) is 5.87. The van der Waals surface area contributed by atoms with Gasteiger partial charge in [-0.3, -0.25) is 0 Å². The monoisotopic (exact) mass is 266 g/mol. The van der Waals surface area contributed by atoms with E-state index in [1.54, 1.807) is 0 Å². The fraction of sp³-hybridized carbons (Fsp3) is 0.938. The maximum Gasteiger partial charge on any atom is 0.333 e. The average molecular weight is 266 g/mol. The molecule has 19 heavy (non-hydrogen) atoms. The van der Waals surface area contributed by atoms with Crippen molar-refractivity contribution in [2.24, 2.45) is 29.6 Å². The summed E-state index contributed by atoms with van der Waals surface area (Å²) in [6.07, 6.45) is 5.78. The van der Waals surface area contributed by atoms with Crippen molar-refractivity contribution in [3.05, 3.63) is 0 Å². The molecule has 3 nitrogen and oxygen atoms in total. The lowest BCUT2D eigenvalue weighted by Crippen LogP contribution is -2.53. The molecule has 4 aliphatic rings. The van der Waals surface area contributed by atoms with Crippen LogP contribution in [0, 0.1) is 29.6 Å². The molecule has 4 fully saturated rings. The van der Waals surface area contributed by atoms with E-state index in [1.165, 1.54) is 32.1 Å². The quantitative estimate of drug-likeness (QED) is 0.852. The zero-order valence-corrected chi connectivity index (χ0v) is 12.3. The Morgan fingerprint density at radius 3 is 1.89 bits per heavy atom. The van der Waals surface area contributed by atoms with Crippen LogP contribution in [0.2, 0.25) is 0 Å². The normalized spacial score (nSPS) is 42.4. The van der Waals surface area contributed by atoms with E-state index in [0.29, 0.717) is 11.8 Å². The fourth-order valence-electron chi connectivity index (χ4n) is 5.14. The fourth-order valence-corrected chi connectivity index (χ4v) is 5.14. The summed E-state index contributed by atoms with van der Waals surface area (Å²) in [5.74, 6) is 2.45. The number of hydrogen-bond donors (Lipinski definition) is 1. The van der Waals surface area contributed by atoms with E-state index < -0.39 is 12.1 Å². The topological polar surface area (TPSA) is 46.5 Å². The van der Waals surface area contributed by atoms with Crippen LogP contribution in [0.5, 0.6) is 0 Å². The standard InChI is InChI=1S/C16H26O3/c1-16(2,3)19-14(15(17)18)13-11-5-9-4-10(7-11)8-12(13)6-9/h9-14H,4-8H2,1-3H3,(H,17,18). The predicted molar refractivity (Wildman–Crippen MR) is 72.8 cm³/mol. The van der Waals surface area contributed by atoms with Gasteiger partial charge in [0.1, 0.15) is 0 Å². The number of carboxylic acid groups (broad SMARTS) is 1. The highest BCUT2D eigenvalue weighted by atomic mass is 16.5. The average Bonchev–Trinajstić information content (AvgIpc) is 2.24. The molecular formula is C16H26O3. The summed E-state index contributed by atoms with van der Waals surface area (Å²) >= 11 is 0. The highest BCUT2D eigenvalue weighted by Gasteiger charge is 2.53. The molecule has 1 unspecified atom stereocenters. The van der Waals surface area contributed by atoms with E-state index >= 15 is 0 Å². The molecule has 0 radical (unpaired) electrons. The molecule has 0 spiro atoms. The van der Waals surface area contributed by atoms with Gasteiger partial charge in [0.15, 0.2) is 6.10 Å². The number of ether oxygens (including phenoxy) is 1. The van der Waals surface area contributed by atoms with Crippen molar-refractivity contribution < 1.29 is 14.6 Å². The van der Waals surface area contributed by atoms with E-state index in [4.69, 9.17) is 4.74 Å². The van der Waals surface area contributed by atoms with Gasteiger partial charge in [0.05, 0.1) is 5.60 Å². The van der Waals surface area contributed by atoms with Gasteiger partial charge in [0.2, 0.25) is 0 Å². The minimum atomic E-state index is -0.757. The molecule has 0 saturated heterocycles. The molecule has 0 amide bonds. The zero-order valence-electron chi connectivity index (χ0n) is 12.3. The van der Waals surface area contributed by atoms with Crippen molar-refractivity contribution in [2.75, 3.05) is 0 Å². The van der Waals surface area contributed by atoms with Crippen molar-refractivity contribution >= 4 is 5.97 Å². The number of aliphatic carboxylic acids is 1. The van der Waals surface area contributed by atoms with Gasteiger partial charge < -0.3 is 9.84 Å². The Kier molecular flexibility index (Phi) is 3.16. The Bertz CT molecular complexity index is 341. The predicted octanol–water partition coefficient (Wildman–Crippen LogP) is 3.33. The third-order valence-electron chi connectivity index (χ3n) is 5.37. The first kappa shape index (κ1) is 13.4. The lowest BCUT2D eigenvalue weighted by molar-refractivity contribution is -0.185. The van der Waals surface area contributed by atoms with Crippen molar-refractivity contribution in [1.29, 1.82) is 0 Å². The third kappa shape index (κ3) is 2.54. The van der Waals surface area contributed by atoms with Gasteiger partial charge >= 0.3 is 5.97 Å². The zero-order chi connectivity index (χ0) is 13.8.